The number of carbonyl (C=O) groups excluding carboxylic acids is 1. The Labute approximate surface area is 89.6 Å². The van der Waals surface area contributed by atoms with Gasteiger partial charge in [0.2, 0.25) is 0 Å². The van der Waals surface area contributed by atoms with Crippen LogP contribution in [0.3, 0.4) is 0 Å². The molecule has 1 aliphatic heterocycles. The predicted octanol–water partition coefficient (Wildman–Crippen LogP) is -1.05. The van der Waals surface area contributed by atoms with Crippen LogP contribution in [-0.4, -0.2) is 47.2 Å². The fourth-order valence-electron chi connectivity index (χ4n) is 1.45. The lowest BCUT2D eigenvalue weighted by atomic mass is 9.93. The van der Waals surface area contributed by atoms with Crippen molar-refractivity contribution >= 4 is 5.91 Å². The highest BCUT2D eigenvalue weighted by Gasteiger charge is 2.43. The van der Waals surface area contributed by atoms with Crippen LogP contribution >= 0.6 is 0 Å². The van der Waals surface area contributed by atoms with Crippen molar-refractivity contribution in [3.8, 4) is 0 Å². The molecule has 1 heterocycles. The lowest BCUT2D eigenvalue weighted by molar-refractivity contribution is -0.177. The smallest absolute Gasteiger partial charge is 0.390 e. The second kappa shape index (κ2) is 4.56. The molecular weight excluding hydrogens is 229 g/mol. The summed E-state index contributed by atoms with van der Waals surface area (Å²) in [5, 5.41) is 22.9. The SMILES string of the molecule is C[C@@H]1CN[C@@H](NC(=O)C(F)(F)F)[C@H](O)[C@@H]1O. The summed E-state index contributed by atoms with van der Waals surface area (Å²) in [6.07, 6.45) is -8.93. The Hall–Kier alpha value is -0.860. The Morgan fingerprint density at radius 3 is 2.44 bits per heavy atom. The van der Waals surface area contributed by atoms with E-state index in [0.29, 0.717) is 0 Å². The Kier molecular flexibility index (Phi) is 3.76. The van der Waals surface area contributed by atoms with Crippen LogP contribution in [0.2, 0.25) is 0 Å². The van der Waals surface area contributed by atoms with Crippen LogP contribution < -0.4 is 10.6 Å². The highest BCUT2D eigenvalue weighted by atomic mass is 19.4. The summed E-state index contributed by atoms with van der Waals surface area (Å²) in [7, 11) is 0. The molecule has 0 unspecified atom stereocenters. The lowest BCUT2D eigenvalue weighted by Crippen LogP contribution is -2.64. The molecule has 1 aliphatic rings. The first-order valence-electron chi connectivity index (χ1n) is 4.70. The van der Waals surface area contributed by atoms with Crippen LogP contribution in [0.25, 0.3) is 0 Å². The number of carbonyl (C=O) groups is 1. The van der Waals surface area contributed by atoms with E-state index in [9.17, 15) is 28.2 Å². The number of aliphatic hydroxyl groups excluding tert-OH is 2. The number of aliphatic hydroxyl groups is 2. The van der Waals surface area contributed by atoms with E-state index >= 15 is 0 Å². The van der Waals surface area contributed by atoms with Gasteiger partial charge in [-0.25, -0.2) is 0 Å². The van der Waals surface area contributed by atoms with Crippen molar-refractivity contribution in [2.45, 2.75) is 31.5 Å². The average molecular weight is 242 g/mol. The topological polar surface area (TPSA) is 81.6 Å². The lowest BCUT2D eigenvalue weighted by Gasteiger charge is -2.37. The fraction of sp³-hybridized carbons (Fsp3) is 0.875. The summed E-state index contributed by atoms with van der Waals surface area (Å²) in [5.41, 5.74) is 0. The van der Waals surface area contributed by atoms with Crippen LogP contribution in [0.4, 0.5) is 13.2 Å². The van der Waals surface area contributed by atoms with Gasteiger partial charge in [-0.15, -0.1) is 0 Å². The van der Waals surface area contributed by atoms with Gasteiger partial charge in [0.1, 0.15) is 12.3 Å². The van der Waals surface area contributed by atoms with Gasteiger partial charge >= 0.3 is 12.1 Å². The van der Waals surface area contributed by atoms with E-state index in [1.54, 1.807) is 12.2 Å². The third kappa shape index (κ3) is 2.83. The summed E-state index contributed by atoms with van der Waals surface area (Å²) in [4.78, 5) is 10.6. The minimum Gasteiger partial charge on any atom is -0.390 e. The molecule has 1 saturated heterocycles. The maximum atomic E-state index is 11.9. The molecule has 4 N–H and O–H groups in total. The molecule has 0 aromatic heterocycles. The summed E-state index contributed by atoms with van der Waals surface area (Å²) >= 11 is 0. The maximum Gasteiger partial charge on any atom is 0.471 e. The number of hydrogen-bond donors (Lipinski definition) is 4. The maximum absolute atomic E-state index is 11.9. The molecule has 0 radical (unpaired) electrons. The molecule has 1 rings (SSSR count). The number of amides is 1. The van der Waals surface area contributed by atoms with Gasteiger partial charge in [-0.3, -0.25) is 10.1 Å². The standard InChI is InChI=1S/C8H13F3N2O3/c1-3-2-12-6(5(15)4(3)14)13-7(16)8(9,10)11/h3-6,12,14-15H,2H2,1H3,(H,13,16)/t3-,4-,5-,6+/m1/s1. The first-order valence-corrected chi connectivity index (χ1v) is 4.70. The summed E-state index contributed by atoms with van der Waals surface area (Å²) < 4.78 is 35.8. The van der Waals surface area contributed by atoms with Crippen LogP contribution in [-0.2, 0) is 4.79 Å². The van der Waals surface area contributed by atoms with Crippen LogP contribution in [0.15, 0.2) is 0 Å². The molecule has 4 atom stereocenters. The number of alkyl halides is 3. The van der Waals surface area contributed by atoms with Gasteiger partial charge in [0.15, 0.2) is 0 Å². The zero-order chi connectivity index (χ0) is 12.5. The van der Waals surface area contributed by atoms with Gasteiger partial charge in [0, 0.05) is 6.54 Å². The molecule has 0 aromatic carbocycles. The highest BCUT2D eigenvalue weighted by molar-refractivity contribution is 5.81. The molecule has 0 aliphatic carbocycles. The Bertz CT molecular complexity index is 272. The number of halogens is 3. The molecule has 8 heteroatoms. The van der Waals surface area contributed by atoms with Crippen molar-refractivity contribution in [1.82, 2.24) is 10.6 Å². The molecule has 1 amide bonds. The minimum absolute atomic E-state index is 0.209. The normalized spacial score (nSPS) is 35.9. The quantitative estimate of drug-likeness (QED) is 0.473. The van der Waals surface area contributed by atoms with E-state index in [1.165, 1.54) is 0 Å². The van der Waals surface area contributed by atoms with E-state index in [0.717, 1.165) is 0 Å². The van der Waals surface area contributed by atoms with E-state index in [4.69, 9.17) is 0 Å². The van der Waals surface area contributed by atoms with Crippen molar-refractivity contribution in [2.75, 3.05) is 6.54 Å². The van der Waals surface area contributed by atoms with Crippen LogP contribution in [0.1, 0.15) is 6.92 Å². The van der Waals surface area contributed by atoms with Crippen molar-refractivity contribution in [3.05, 3.63) is 0 Å². The number of nitrogens with one attached hydrogen (secondary N) is 2. The number of piperidine rings is 1. The van der Waals surface area contributed by atoms with E-state index in [2.05, 4.69) is 5.32 Å². The predicted molar refractivity (Wildman–Crippen MR) is 47.2 cm³/mol. The average Bonchev–Trinajstić information content (AvgIpc) is 2.17. The molecule has 0 bridgehead atoms. The molecule has 5 nitrogen and oxygen atoms in total. The number of hydrogen-bond acceptors (Lipinski definition) is 4. The van der Waals surface area contributed by atoms with Gasteiger partial charge in [-0.1, -0.05) is 6.92 Å². The highest BCUT2D eigenvalue weighted by Crippen LogP contribution is 2.17. The molecule has 0 aromatic rings. The third-order valence-corrected chi connectivity index (χ3v) is 2.48. The Morgan fingerprint density at radius 1 is 1.38 bits per heavy atom. The van der Waals surface area contributed by atoms with Crippen LogP contribution in [0.5, 0.6) is 0 Å². The summed E-state index contributed by atoms with van der Waals surface area (Å²) in [6.45, 7) is 1.84. The van der Waals surface area contributed by atoms with Crippen molar-refractivity contribution in [1.29, 1.82) is 0 Å². The van der Waals surface area contributed by atoms with Gasteiger partial charge in [0.25, 0.3) is 0 Å². The van der Waals surface area contributed by atoms with Gasteiger partial charge in [-0.05, 0) is 5.92 Å². The summed E-state index contributed by atoms with van der Waals surface area (Å²) in [6, 6.07) is 0. The zero-order valence-electron chi connectivity index (χ0n) is 8.45. The third-order valence-electron chi connectivity index (χ3n) is 2.48. The summed E-state index contributed by atoms with van der Waals surface area (Å²) in [5.74, 6) is -2.44. The first-order chi connectivity index (χ1) is 7.23. The molecule has 16 heavy (non-hydrogen) atoms. The van der Waals surface area contributed by atoms with Crippen molar-refractivity contribution < 1.29 is 28.2 Å². The Morgan fingerprint density at radius 2 is 1.94 bits per heavy atom. The van der Waals surface area contributed by atoms with Gasteiger partial charge in [0.05, 0.1) is 6.10 Å². The monoisotopic (exact) mass is 242 g/mol. The van der Waals surface area contributed by atoms with Crippen LogP contribution in [0, 0.1) is 5.92 Å². The van der Waals surface area contributed by atoms with E-state index in [-0.39, 0.29) is 12.5 Å². The molecular formula is C8H13F3N2O3. The largest absolute Gasteiger partial charge is 0.471 e. The molecule has 1 fully saturated rings. The van der Waals surface area contributed by atoms with Crippen molar-refractivity contribution in [3.63, 3.8) is 0 Å². The van der Waals surface area contributed by atoms with E-state index < -0.39 is 30.5 Å². The molecule has 0 saturated carbocycles. The minimum atomic E-state index is -5.00. The van der Waals surface area contributed by atoms with E-state index in [1.807, 2.05) is 0 Å². The molecule has 0 spiro atoms. The molecule has 94 valence electrons. The second-order valence-corrected chi connectivity index (χ2v) is 3.82. The zero-order valence-corrected chi connectivity index (χ0v) is 8.45. The number of rotatable bonds is 1. The fourth-order valence-corrected chi connectivity index (χ4v) is 1.45. The first kappa shape index (κ1) is 13.2. The second-order valence-electron chi connectivity index (χ2n) is 3.82. The van der Waals surface area contributed by atoms with Gasteiger partial charge < -0.3 is 15.5 Å². The van der Waals surface area contributed by atoms with Crippen molar-refractivity contribution in [2.24, 2.45) is 5.92 Å². The Balaban J connectivity index is 2.59. The van der Waals surface area contributed by atoms with Gasteiger partial charge in [-0.2, -0.15) is 13.2 Å².